The van der Waals surface area contributed by atoms with Crippen LogP contribution in [-0.2, 0) is 0 Å². The maximum absolute atomic E-state index is 8.33. The van der Waals surface area contributed by atoms with E-state index in [0.717, 1.165) is 0 Å². The van der Waals surface area contributed by atoms with Gasteiger partial charge in [-0.25, -0.2) is 0 Å². The van der Waals surface area contributed by atoms with Gasteiger partial charge in [0.2, 0.25) is 0 Å². The molecule has 0 heterocycles. The van der Waals surface area contributed by atoms with Crippen molar-refractivity contribution in [2.75, 3.05) is 0 Å². The normalized spacial score (nSPS) is 3.69. The summed E-state index contributed by atoms with van der Waals surface area (Å²) in [4.78, 5) is 16.7. The molecule has 0 fully saturated rings. The van der Waals surface area contributed by atoms with Crippen molar-refractivity contribution in [3.8, 4) is 0 Å². The molecule has 0 radical (unpaired) electrons. The van der Waals surface area contributed by atoms with Gasteiger partial charge in [0.15, 0.2) is 0 Å². The summed E-state index contributed by atoms with van der Waals surface area (Å²) in [6.45, 7) is 0. The zero-order valence-electron chi connectivity index (χ0n) is 6.47. The monoisotopic (exact) mass is 470 g/mol. The van der Waals surface area contributed by atoms with Gasteiger partial charge in [-0.15, -0.1) is 0 Å². The van der Waals surface area contributed by atoms with Crippen molar-refractivity contribution in [1.82, 2.24) is 0 Å². The number of hydrogen-bond donors (Lipinski definition) is 0. The minimum absolute atomic E-state index is 0. The van der Waals surface area contributed by atoms with Gasteiger partial charge in [0.05, 0.1) is 0 Å². The Kier molecular flexibility index (Phi) is 125. The minimum Gasteiger partial charge on any atom is -0.870 e. The van der Waals surface area contributed by atoms with Gasteiger partial charge in [-0.2, -0.15) is 0 Å². The molecule has 64 valence electrons. The predicted octanol–water partition coefficient (Wildman–Crippen LogP) is -6.39. The second kappa shape index (κ2) is 36.4. The summed E-state index contributed by atoms with van der Waals surface area (Å²) < 4.78 is 0. The first-order chi connectivity index (χ1) is 3.46. The summed E-state index contributed by atoms with van der Waals surface area (Å²) in [5.74, 6) is 0. The van der Waals surface area contributed by atoms with Crippen molar-refractivity contribution in [2.45, 2.75) is 0 Å². The summed E-state index contributed by atoms with van der Waals surface area (Å²) in [6, 6.07) is 0. The molecule has 0 aliphatic rings. The Balaban J connectivity index is -0.00000000800. The number of hydrogen-bond acceptors (Lipinski definition) is 8. The van der Waals surface area contributed by atoms with E-state index in [9.17, 15) is 0 Å². The van der Waals surface area contributed by atoms with E-state index in [1.165, 1.54) is 0 Å². The first kappa shape index (κ1) is 44.6. The Hall–Kier alpha value is 2.86. The molecule has 13 heavy (non-hydrogen) atoms. The molecule has 0 amide bonds. The van der Waals surface area contributed by atoms with Crippen molar-refractivity contribution in [3.63, 3.8) is 0 Å². The Morgan fingerprint density at radius 3 is 0.692 bits per heavy atom. The fourth-order valence-electron chi connectivity index (χ4n) is 0. The van der Waals surface area contributed by atoms with Gasteiger partial charge in [-0.3, -0.25) is 0 Å². The smallest absolute Gasteiger partial charge is 0.870 e. The van der Waals surface area contributed by atoms with Crippen LogP contribution in [0.5, 0.6) is 0 Å². The standard InChI is InChI=1S/2CH2O3.2Ba.Ca.2H2O/c2*2-1(3)4;;;;;/h2*(H2,2,3,4);;;;2*1H2/q;;3*+2;;/p-6. The Morgan fingerprint density at radius 2 is 0.692 bits per heavy atom. The third-order valence-electron chi connectivity index (χ3n) is 0. The molecule has 0 bridgehead atoms. The third kappa shape index (κ3) is 300. The summed E-state index contributed by atoms with van der Waals surface area (Å²) in [6.07, 6.45) is -4.67. The number of rotatable bonds is 0. The van der Waals surface area contributed by atoms with Gasteiger partial charge in [0.25, 0.3) is 0 Å². The molecule has 0 atom stereocenters. The maximum atomic E-state index is 8.33. The van der Waals surface area contributed by atoms with Crippen LogP contribution < -0.4 is 20.4 Å². The van der Waals surface area contributed by atoms with Crippen molar-refractivity contribution >= 4 is 148 Å². The molecular formula is C2H2Ba2CaO8. The Bertz CT molecular complexity index is 78.1. The van der Waals surface area contributed by atoms with Crippen LogP contribution in [0, 0.1) is 0 Å². The van der Waals surface area contributed by atoms with E-state index in [1.54, 1.807) is 0 Å². The minimum atomic E-state index is -2.33. The van der Waals surface area contributed by atoms with Crippen LogP contribution in [0.25, 0.3) is 0 Å². The number of carbonyl (C=O) groups excluding carboxylic acids is 2. The zero-order chi connectivity index (χ0) is 7.15. The van der Waals surface area contributed by atoms with E-state index in [-0.39, 0.29) is 146 Å². The molecule has 0 spiro atoms. The van der Waals surface area contributed by atoms with Gasteiger partial charge in [0, 0.05) is 0 Å². The van der Waals surface area contributed by atoms with Gasteiger partial charge in [-0.1, -0.05) is 0 Å². The summed E-state index contributed by atoms with van der Waals surface area (Å²) in [5.41, 5.74) is 0. The molecule has 0 aromatic carbocycles. The van der Waals surface area contributed by atoms with E-state index in [4.69, 9.17) is 30.0 Å². The predicted molar refractivity (Wildman–Crippen MR) is 31.9 cm³/mol. The molecule has 0 aromatic heterocycles. The van der Waals surface area contributed by atoms with Crippen LogP contribution in [0.1, 0.15) is 0 Å². The Labute approximate surface area is 184 Å². The molecule has 0 saturated heterocycles. The Morgan fingerprint density at radius 1 is 0.692 bits per heavy atom. The van der Waals surface area contributed by atoms with E-state index in [2.05, 4.69) is 0 Å². The van der Waals surface area contributed by atoms with Gasteiger partial charge >= 0.3 is 136 Å². The number of carboxylic acid groups (broad SMARTS) is 4. The van der Waals surface area contributed by atoms with Crippen LogP contribution >= 0.6 is 0 Å². The van der Waals surface area contributed by atoms with Crippen LogP contribution in [0.3, 0.4) is 0 Å². The molecule has 2 N–H and O–H groups in total. The topological polar surface area (TPSA) is 186 Å². The SMILES string of the molecule is O=C([O-])[O-].O=C([O-])[O-].[Ba+2].[Ba+2].[Ca+2].[OH-].[OH-]. The molecule has 0 aliphatic heterocycles. The molecule has 0 aromatic rings. The summed E-state index contributed by atoms with van der Waals surface area (Å²) >= 11 is 0. The molecule has 0 rings (SSSR count). The van der Waals surface area contributed by atoms with Gasteiger partial charge in [-0.05, 0) is 12.3 Å². The van der Waals surface area contributed by atoms with Crippen molar-refractivity contribution < 1.29 is 41.0 Å². The third-order valence-corrected chi connectivity index (χ3v) is 0. The molecule has 0 saturated carbocycles. The average molecular weight is 469 g/mol. The van der Waals surface area contributed by atoms with Crippen molar-refractivity contribution in [2.24, 2.45) is 0 Å². The van der Waals surface area contributed by atoms with Gasteiger partial charge < -0.3 is 41.0 Å². The molecule has 0 aliphatic carbocycles. The zero-order valence-corrected chi connectivity index (χ0v) is 17.6. The van der Waals surface area contributed by atoms with Crippen LogP contribution in [-0.4, -0.2) is 159 Å². The summed E-state index contributed by atoms with van der Waals surface area (Å²) in [7, 11) is 0. The number of carbonyl (C=O) groups is 2. The average Bonchev–Trinajstić information content (AvgIpc) is 1.25. The second-order valence-electron chi connectivity index (χ2n) is 0.500. The molecule has 8 nitrogen and oxygen atoms in total. The first-order valence-corrected chi connectivity index (χ1v) is 1.22. The van der Waals surface area contributed by atoms with Crippen LogP contribution in [0.2, 0.25) is 0 Å². The molecule has 0 unspecified atom stereocenters. The largest absolute Gasteiger partial charge is 2.00 e. The van der Waals surface area contributed by atoms with E-state index in [0.29, 0.717) is 0 Å². The van der Waals surface area contributed by atoms with Crippen LogP contribution in [0.15, 0.2) is 0 Å². The van der Waals surface area contributed by atoms with Crippen molar-refractivity contribution in [3.05, 3.63) is 0 Å². The van der Waals surface area contributed by atoms with E-state index in [1.807, 2.05) is 0 Å². The molecular weight excluding hydrogens is 467 g/mol. The van der Waals surface area contributed by atoms with Gasteiger partial charge in [0.1, 0.15) is 0 Å². The maximum Gasteiger partial charge on any atom is 2.00 e. The van der Waals surface area contributed by atoms with Crippen molar-refractivity contribution in [1.29, 1.82) is 0 Å². The van der Waals surface area contributed by atoms with E-state index < -0.39 is 12.3 Å². The second-order valence-corrected chi connectivity index (χ2v) is 0.500. The first-order valence-electron chi connectivity index (χ1n) is 1.22. The van der Waals surface area contributed by atoms with E-state index >= 15 is 0 Å². The fourth-order valence-corrected chi connectivity index (χ4v) is 0. The molecule has 11 heteroatoms. The quantitative estimate of drug-likeness (QED) is 0.314. The van der Waals surface area contributed by atoms with Crippen LogP contribution in [0.4, 0.5) is 9.59 Å². The fraction of sp³-hybridized carbons (Fsp3) is 0. The summed E-state index contributed by atoms with van der Waals surface area (Å²) in [5, 5.41) is 33.3.